The lowest BCUT2D eigenvalue weighted by Crippen LogP contribution is -2.43. The standard InChI is InChI=1S/C10H19NO2/c1-10(2,3)13-9(12)5-4-8-6-7-11-8/h8,11H,4-7H2,1-3H3. The van der Waals surface area contributed by atoms with Crippen molar-refractivity contribution >= 4 is 5.97 Å². The molecule has 1 unspecified atom stereocenters. The van der Waals surface area contributed by atoms with Crippen LogP contribution in [0.5, 0.6) is 0 Å². The van der Waals surface area contributed by atoms with Crippen molar-refractivity contribution in [2.45, 2.75) is 51.7 Å². The summed E-state index contributed by atoms with van der Waals surface area (Å²) in [6, 6.07) is 0.549. The van der Waals surface area contributed by atoms with Gasteiger partial charge in [-0.25, -0.2) is 0 Å². The maximum atomic E-state index is 11.3. The van der Waals surface area contributed by atoms with Gasteiger partial charge in [-0.05, 0) is 40.2 Å². The van der Waals surface area contributed by atoms with Crippen LogP contribution in [0, 0.1) is 0 Å². The van der Waals surface area contributed by atoms with E-state index in [9.17, 15) is 4.79 Å². The SMILES string of the molecule is CC(C)(C)OC(=O)CCC1CCN1. The second kappa shape index (κ2) is 4.09. The fraction of sp³-hybridized carbons (Fsp3) is 0.900. The van der Waals surface area contributed by atoms with Crippen LogP contribution in [0.4, 0.5) is 0 Å². The van der Waals surface area contributed by atoms with Crippen LogP contribution in [0.25, 0.3) is 0 Å². The lowest BCUT2D eigenvalue weighted by Gasteiger charge is -2.27. The third kappa shape index (κ3) is 4.27. The van der Waals surface area contributed by atoms with Gasteiger partial charge < -0.3 is 10.1 Å². The zero-order chi connectivity index (χ0) is 9.90. The lowest BCUT2D eigenvalue weighted by molar-refractivity contribution is -0.155. The van der Waals surface area contributed by atoms with Gasteiger partial charge in [-0.1, -0.05) is 0 Å². The molecule has 0 aromatic carbocycles. The highest BCUT2D eigenvalue weighted by Gasteiger charge is 2.20. The van der Waals surface area contributed by atoms with Crippen molar-refractivity contribution in [3.63, 3.8) is 0 Å². The van der Waals surface area contributed by atoms with E-state index in [2.05, 4.69) is 5.32 Å². The summed E-state index contributed by atoms with van der Waals surface area (Å²) in [4.78, 5) is 11.3. The molecule has 0 radical (unpaired) electrons. The molecule has 1 fully saturated rings. The van der Waals surface area contributed by atoms with Crippen molar-refractivity contribution in [1.82, 2.24) is 5.32 Å². The van der Waals surface area contributed by atoms with E-state index in [1.807, 2.05) is 20.8 Å². The molecule has 1 rings (SSSR count). The number of ether oxygens (including phenoxy) is 1. The van der Waals surface area contributed by atoms with Gasteiger partial charge in [-0.3, -0.25) is 4.79 Å². The highest BCUT2D eigenvalue weighted by Crippen LogP contribution is 2.13. The molecule has 3 nitrogen and oxygen atoms in total. The molecule has 1 N–H and O–H groups in total. The Bertz CT molecular complexity index is 180. The molecule has 13 heavy (non-hydrogen) atoms. The summed E-state index contributed by atoms with van der Waals surface area (Å²) < 4.78 is 5.19. The molecule has 1 aliphatic rings. The Hall–Kier alpha value is -0.570. The Morgan fingerprint density at radius 1 is 1.54 bits per heavy atom. The average Bonchev–Trinajstić information content (AvgIpc) is 1.78. The Morgan fingerprint density at radius 3 is 2.54 bits per heavy atom. The number of esters is 1. The highest BCUT2D eigenvalue weighted by molar-refractivity contribution is 5.69. The fourth-order valence-electron chi connectivity index (χ4n) is 1.28. The first kappa shape index (κ1) is 10.5. The Kier molecular flexibility index (Phi) is 3.31. The maximum Gasteiger partial charge on any atom is 0.306 e. The van der Waals surface area contributed by atoms with Crippen LogP contribution >= 0.6 is 0 Å². The van der Waals surface area contributed by atoms with Crippen molar-refractivity contribution in [2.75, 3.05) is 6.54 Å². The van der Waals surface area contributed by atoms with Crippen molar-refractivity contribution in [2.24, 2.45) is 0 Å². The largest absolute Gasteiger partial charge is 0.460 e. The van der Waals surface area contributed by atoms with Crippen molar-refractivity contribution in [3.8, 4) is 0 Å². The van der Waals surface area contributed by atoms with Crippen LogP contribution in [0.2, 0.25) is 0 Å². The van der Waals surface area contributed by atoms with Gasteiger partial charge in [-0.2, -0.15) is 0 Å². The fourth-order valence-corrected chi connectivity index (χ4v) is 1.28. The highest BCUT2D eigenvalue weighted by atomic mass is 16.6. The number of carbonyl (C=O) groups excluding carboxylic acids is 1. The monoisotopic (exact) mass is 185 g/mol. The molecule has 1 heterocycles. The van der Waals surface area contributed by atoms with E-state index >= 15 is 0 Å². The predicted molar refractivity (Wildman–Crippen MR) is 51.5 cm³/mol. The van der Waals surface area contributed by atoms with Crippen molar-refractivity contribution in [3.05, 3.63) is 0 Å². The van der Waals surface area contributed by atoms with Gasteiger partial charge in [0, 0.05) is 12.5 Å². The summed E-state index contributed by atoms with van der Waals surface area (Å²) in [6.07, 6.45) is 2.65. The number of hydrogen-bond acceptors (Lipinski definition) is 3. The maximum absolute atomic E-state index is 11.3. The van der Waals surface area contributed by atoms with E-state index < -0.39 is 0 Å². The van der Waals surface area contributed by atoms with Gasteiger partial charge in [0.1, 0.15) is 5.60 Å². The quantitative estimate of drug-likeness (QED) is 0.677. The number of carbonyl (C=O) groups is 1. The minimum atomic E-state index is -0.343. The van der Waals surface area contributed by atoms with Gasteiger partial charge >= 0.3 is 5.97 Å². The number of rotatable bonds is 3. The van der Waals surface area contributed by atoms with Crippen LogP contribution in [-0.4, -0.2) is 24.2 Å². The Labute approximate surface area is 79.8 Å². The second-order valence-electron chi connectivity index (χ2n) is 4.56. The van der Waals surface area contributed by atoms with E-state index in [0.717, 1.165) is 13.0 Å². The lowest BCUT2D eigenvalue weighted by atomic mass is 10.0. The summed E-state index contributed by atoms with van der Waals surface area (Å²) in [7, 11) is 0. The first-order valence-electron chi connectivity index (χ1n) is 4.92. The minimum Gasteiger partial charge on any atom is -0.460 e. The normalized spacial score (nSPS) is 22.2. The van der Waals surface area contributed by atoms with Crippen molar-refractivity contribution in [1.29, 1.82) is 0 Å². The van der Waals surface area contributed by atoms with Crippen molar-refractivity contribution < 1.29 is 9.53 Å². The molecule has 0 amide bonds. The number of nitrogens with one attached hydrogen (secondary N) is 1. The summed E-state index contributed by atoms with van der Waals surface area (Å²) >= 11 is 0. The van der Waals surface area contributed by atoms with E-state index in [0.29, 0.717) is 12.5 Å². The first-order chi connectivity index (χ1) is 5.97. The van der Waals surface area contributed by atoms with Crippen LogP contribution < -0.4 is 5.32 Å². The summed E-state index contributed by atoms with van der Waals surface area (Å²) in [5.74, 6) is -0.0822. The van der Waals surface area contributed by atoms with E-state index in [1.165, 1.54) is 6.42 Å². The summed E-state index contributed by atoms with van der Waals surface area (Å²) in [5, 5.41) is 3.26. The molecular weight excluding hydrogens is 166 g/mol. The van der Waals surface area contributed by atoms with Gasteiger partial charge in [0.05, 0.1) is 0 Å². The van der Waals surface area contributed by atoms with E-state index in [4.69, 9.17) is 4.74 Å². The molecule has 0 aliphatic carbocycles. The Balaban J connectivity index is 2.10. The van der Waals surface area contributed by atoms with Gasteiger partial charge in [0.2, 0.25) is 0 Å². The molecule has 0 aromatic heterocycles. The second-order valence-corrected chi connectivity index (χ2v) is 4.56. The van der Waals surface area contributed by atoms with Gasteiger partial charge in [-0.15, -0.1) is 0 Å². The smallest absolute Gasteiger partial charge is 0.306 e. The summed E-state index contributed by atoms with van der Waals surface area (Å²) in [6.45, 7) is 6.78. The molecule has 1 aliphatic heterocycles. The minimum absolute atomic E-state index is 0.0822. The van der Waals surface area contributed by atoms with Gasteiger partial charge in [0.25, 0.3) is 0 Å². The topological polar surface area (TPSA) is 38.3 Å². The predicted octanol–water partition coefficient (Wildman–Crippen LogP) is 1.47. The zero-order valence-electron chi connectivity index (χ0n) is 8.72. The first-order valence-corrected chi connectivity index (χ1v) is 4.92. The molecule has 0 spiro atoms. The van der Waals surface area contributed by atoms with Crippen LogP contribution in [0.3, 0.4) is 0 Å². The third-order valence-corrected chi connectivity index (χ3v) is 2.04. The molecule has 0 saturated carbocycles. The van der Waals surface area contributed by atoms with Crippen LogP contribution in [-0.2, 0) is 9.53 Å². The number of hydrogen-bond donors (Lipinski definition) is 1. The van der Waals surface area contributed by atoms with E-state index in [1.54, 1.807) is 0 Å². The molecule has 0 aromatic rings. The molecule has 3 heteroatoms. The van der Waals surface area contributed by atoms with Crippen LogP contribution in [0.1, 0.15) is 40.0 Å². The van der Waals surface area contributed by atoms with E-state index in [-0.39, 0.29) is 11.6 Å². The molecular formula is C10H19NO2. The molecule has 0 bridgehead atoms. The molecule has 76 valence electrons. The van der Waals surface area contributed by atoms with Gasteiger partial charge in [0.15, 0.2) is 0 Å². The molecule has 1 saturated heterocycles. The summed E-state index contributed by atoms with van der Waals surface area (Å²) in [5.41, 5.74) is -0.343. The molecule has 1 atom stereocenters. The third-order valence-electron chi connectivity index (χ3n) is 2.04. The van der Waals surface area contributed by atoms with Crippen LogP contribution in [0.15, 0.2) is 0 Å². The Morgan fingerprint density at radius 2 is 2.15 bits per heavy atom. The average molecular weight is 185 g/mol. The zero-order valence-corrected chi connectivity index (χ0v) is 8.72.